The van der Waals surface area contributed by atoms with Gasteiger partial charge in [-0.2, -0.15) is 0 Å². The second-order valence-electron chi connectivity index (χ2n) is 3.73. The second kappa shape index (κ2) is 4.78. The summed E-state index contributed by atoms with van der Waals surface area (Å²) in [6.45, 7) is 0.287. The average Bonchev–Trinajstić information content (AvgIpc) is 2.59. The lowest BCUT2D eigenvalue weighted by Gasteiger charge is -2.02. The molecular formula is C12H12N2O3. The molecule has 0 N–H and O–H groups in total. The van der Waals surface area contributed by atoms with E-state index < -0.39 is 0 Å². The molecule has 0 radical (unpaired) electrons. The molecule has 0 aromatic heterocycles. The summed E-state index contributed by atoms with van der Waals surface area (Å²) in [4.78, 5) is 28.8. The molecule has 1 aromatic rings. The minimum absolute atomic E-state index is 0.0180. The predicted molar refractivity (Wildman–Crippen MR) is 61.1 cm³/mol. The van der Waals surface area contributed by atoms with Crippen LogP contribution in [0.4, 0.5) is 0 Å². The van der Waals surface area contributed by atoms with Crippen LogP contribution in [0, 0.1) is 0 Å². The molecule has 17 heavy (non-hydrogen) atoms. The van der Waals surface area contributed by atoms with Gasteiger partial charge in [-0.1, -0.05) is 35.5 Å². The number of carbonyl (C=O) groups is 2. The summed E-state index contributed by atoms with van der Waals surface area (Å²) in [5, 5.41) is 3.70. The Labute approximate surface area is 98.7 Å². The van der Waals surface area contributed by atoms with Gasteiger partial charge in [-0.05, 0) is 5.56 Å². The third-order valence-corrected chi connectivity index (χ3v) is 2.49. The highest BCUT2D eigenvalue weighted by atomic mass is 16.6. The van der Waals surface area contributed by atoms with E-state index in [1.165, 1.54) is 7.05 Å². The Kier molecular flexibility index (Phi) is 3.18. The standard InChI is InChI=1S/C12H12N2O3/c1-14-11(15)7-10(12(14)16)13-17-8-9-5-3-2-4-6-9/h2-6H,7-8H2,1H3/b13-10-. The average molecular weight is 232 g/mol. The number of hydrogen-bond acceptors (Lipinski definition) is 4. The van der Waals surface area contributed by atoms with Crippen LogP contribution in [-0.2, 0) is 21.0 Å². The van der Waals surface area contributed by atoms with Gasteiger partial charge in [-0.15, -0.1) is 0 Å². The zero-order valence-corrected chi connectivity index (χ0v) is 9.42. The van der Waals surface area contributed by atoms with Gasteiger partial charge >= 0.3 is 0 Å². The summed E-state index contributed by atoms with van der Waals surface area (Å²) in [6.07, 6.45) is 0.0180. The van der Waals surface area contributed by atoms with Crippen LogP contribution in [-0.4, -0.2) is 29.5 Å². The first kappa shape index (κ1) is 11.3. The van der Waals surface area contributed by atoms with Crippen molar-refractivity contribution in [3.63, 3.8) is 0 Å². The van der Waals surface area contributed by atoms with Crippen LogP contribution in [0.1, 0.15) is 12.0 Å². The number of nitrogens with zero attached hydrogens (tertiary/aromatic N) is 2. The van der Waals surface area contributed by atoms with E-state index in [-0.39, 0.29) is 30.6 Å². The molecule has 0 bridgehead atoms. The van der Waals surface area contributed by atoms with Gasteiger partial charge < -0.3 is 4.84 Å². The second-order valence-corrected chi connectivity index (χ2v) is 3.73. The molecule has 0 atom stereocenters. The van der Waals surface area contributed by atoms with Gasteiger partial charge in [0.15, 0.2) is 5.71 Å². The molecule has 1 fully saturated rings. The normalized spacial score (nSPS) is 17.9. The molecule has 1 saturated heterocycles. The van der Waals surface area contributed by atoms with E-state index in [2.05, 4.69) is 5.16 Å². The predicted octanol–water partition coefficient (Wildman–Crippen LogP) is 0.948. The number of imide groups is 1. The molecule has 1 aliphatic heterocycles. The molecule has 2 rings (SSSR count). The van der Waals surface area contributed by atoms with E-state index in [4.69, 9.17) is 4.84 Å². The van der Waals surface area contributed by atoms with Gasteiger partial charge in [-0.3, -0.25) is 14.5 Å². The van der Waals surface area contributed by atoms with Gasteiger partial charge in [0.25, 0.3) is 5.91 Å². The van der Waals surface area contributed by atoms with Crippen molar-refractivity contribution in [1.82, 2.24) is 4.90 Å². The van der Waals surface area contributed by atoms with Gasteiger partial charge in [0.2, 0.25) is 5.91 Å². The molecule has 0 aliphatic carbocycles. The van der Waals surface area contributed by atoms with E-state index in [0.717, 1.165) is 10.5 Å². The van der Waals surface area contributed by atoms with Crippen LogP contribution < -0.4 is 0 Å². The fourth-order valence-corrected chi connectivity index (χ4v) is 1.47. The summed E-state index contributed by atoms with van der Waals surface area (Å²) < 4.78 is 0. The van der Waals surface area contributed by atoms with Crippen LogP contribution >= 0.6 is 0 Å². The Balaban J connectivity index is 1.94. The number of benzene rings is 1. The first-order valence-corrected chi connectivity index (χ1v) is 5.22. The van der Waals surface area contributed by atoms with Crippen LogP contribution in [0.5, 0.6) is 0 Å². The molecule has 1 aliphatic rings. The molecule has 2 amide bonds. The summed E-state index contributed by atoms with van der Waals surface area (Å²) in [5.41, 5.74) is 1.12. The molecule has 5 heteroatoms. The Morgan fingerprint density at radius 1 is 1.29 bits per heavy atom. The Morgan fingerprint density at radius 2 is 2.00 bits per heavy atom. The highest BCUT2D eigenvalue weighted by molar-refractivity contribution is 6.48. The van der Waals surface area contributed by atoms with E-state index in [0.29, 0.717) is 0 Å². The van der Waals surface area contributed by atoms with Crippen LogP contribution in [0.15, 0.2) is 35.5 Å². The molecule has 1 heterocycles. The molecule has 0 unspecified atom stereocenters. The Morgan fingerprint density at radius 3 is 2.59 bits per heavy atom. The minimum Gasteiger partial charge on any atom is -0.391 e. The van der Waals surface area contributed by atoms with Gasteiger partial charge in [0.1, 0.15) is 6.61 Å². The lowest BCUT2D eigenvalue weighted by atomic mass is 10.2. The van der Waals surface area contributed by atoms with E-state index in [9.17, 15) is 9.59 Å². The van der Waals surface area contributed by atoms with Crippen molar-refractivity contribution in [3.05, 3.63) is 35.9 Å². The third-order valence-electron chi connectivity index (χ3n) is 2.49. The maximum atomic E-state index is 11.5. The lowest BCUT2D eigenvalue weighted by molar-refractivity contribution is -0.135. The van der Waals surface area contributed by atoms with Crippen molar-refractivity contribution < 1.29 is 14.4 Å². The topological polar surface area (TPSA) is 59.0 Å². The van der Waals surface area contributed by atoms with Crippen molar-refractivity contribution in [3.8, 4) is 0 Å². The summed E-state index contributed by atoms with van der Waals surface area (Å²) in [7, 11) is 1.43. The van der Waals surface area contributed by atoms with Crippen molar-refractivity contribution in [2.75, 3.05) is 7.05 Å². The Bertz CT molecular complexity index is 468. The molecule has 5 nitrogen and oxygen atoms in total. The van der Waals surface area contributed by atoms with Gasteiger partial charge in [-0.25, -0.2) is 0 Å². The highest BCUT2D eigenvalue weighted by Crippen LogP contribution is 2.08. The molecule has 88 valence electrons. The molecular weight excluding hydrogens is 220 g/mol. The number of rotatable bonds is 3. The number of amides is 2. The number of likely N-dealkylation sites (tertiary alicyclic amines) is 1. The third kappa shape index (κ3) is 2.50. The highest BCUT2D eigenvalue weighted by Gasteiger charge is 2.32. The quantitative estimate of drug-likeness (QED) is 0.575. The van der Waals surface area contributed by atoms with E-state index >= 15 is 0 Å². The number of hydrogen-bond donors (Lipinski definition) is 0. The van der Waals surface area contributed by atoms with Crippen LogP contribution in [0.25, 0.3) is 0 Å². The van der Waals surface area contributed by atoms with Gasteiger partial charge in [0, 0.05) is 7.05 Å². The fourth-order valence-electron chi connectivity index (χ4n) is 1.47. The largest absolute Gasteiger partial charge is 0.391 e. The lowest BCUT2D eigenvalue weighted by Crippen LogP contribution is -2.25. The summed E-state index contributed by atoms with van der Waals surface area (Å²) >= 11 is 0. The summed E-state index contributed by atoms with van der Waals surface area (Å²) in [6, 6.07) is 9.49. The summed E-state index contributed by atoms with van der Waals surface area (Å²) in [5.74, 6) is -0.639. The first-order chi connectivity index (χ1) is 8.18. The van der Waals surface area contributed by atoms with Gasteiger partial charge in [0.05, 0.1) is 6.42 Å². The molecule has 0 spiro atoms. The minimum atomic E-state index is -0.386. The van der Waals surface area contributed by atoms with Crippen molar-refractivity contribution in [2.45, 2.75) is 13.0 Å². The van der Waals surface area contributed by atoms with E-state index in [1.54, 1.807) is 0 Å². The maximum Gasteiger partial charge on any atom is 0.278 e. The fraction of sp³-hybridized carbons (Fsp3) is 0.250. The number of oxime groups is 1. The molecule has 1 aromatic carbocycles. The van der Waals surface area contributed by atoms with Crippen molar-refractivity contribution in [2.24, 2.45) is 5.16 Å². The van der Waals surface area contributed by atoms with E-state index in [1.807, 2.05) is 30.3 Å². The zero-order chi connectivity index (χ0) is 12.3. The first-order valence-electron chi connectivity index (χ1n) is 5.22. The smallest absolute Gasteiger partial charge is 0.278 e. The van der Waals surface area contributed by atoms with Crippen LogP contribution in [0.2, 0.25) is 0 Å². The number of carbonyl (C=O) groups excluding carboxylic acids is 2. The van der Waals surface area contributed by atoms with Crippen LogP contribution in [0.3, 0.4) is 0 Å². The Hall–Kier alpha value is -2.17. The van der Waals surface area contributed by atoms with Crippen molar-refractivity contribution >= 4 is 17.5 Å². The molecule has 0 saturated carbocycles. The maximum absolute atomic E-state index is 11.5. The monoisotopic (exact) mass is 232 g/mol. The van der Waals surface area contributed by atoms with Crippen molar-refractivity contribution in [1.29, 1.82) is 0 Å². The SMILES string of the molecule is CN1C(=O)C/C(=N/OCc2ccccc2)C1=O. The zero-order valence-electron chi connectivity index (χ0n) is 9.42.